The van der Waals surface area contributed by atoms with E-state index in [9.17, 15) is 9.90 Å². The number of aliphatic hydroxyl groups excluding tert-OH is 1. The van der Waals surface area contributed by atoms with Crippen LogP contribution in [0.3, 0.4) is 0 Å². The summed E-state index contributed by atoms with van der Waals surface area (Å²) in [5.41, 5.74) is 4.52. The van der Waals surface area contributed by atoms with Crippen molar-refractivity contribution >= 4 is 17.5 Å². The van der Waals surface area contributed by atoms with E-state index >= 15 is 0 Å². The van der Waals surface area contributed by atoms with Crippen molar-refractivity contribution in [2.45, 2.75) is 31.8 Å². The molecule has 2 rings (SSSR count). The van der Waals surface area contributed by atoms with Crippen LogP contribution in [0.1, 0.15) is 37.4 Å². The van der Waals surface area contributed by atoms with E-state index < -0.39 is 12.0 Å². The maximum absolute atomic E-state index is 10.9. The Bertz CT molecular complexity index is 643. The number of rotatable bonds is 7. The molecule has 0 fully saturated rings. The van der Waals surface area contributed by atoms with Crippen molar-refractivity contribution < 1.29 is 15.1 Å². The fourth-order valence-corrected chi connectivity index (χ4v) is 2.54. The van der Waals surface area contributed by atoms with Crippen LogP contribution in [0, 0.1) is 0 Å². The Hall–Kier alpha value is -1.88. The molecule has 4 nitrogen and oxygen atoms in total. The summed E-state index contributed by atoms with van der Waals surface area (Å²) < 4.78 is 0. The second kappa shape index (κ2) is 8.67. The Morgan fingerprint density at radius 2 is 1.83 bits per heavy atom. The zero-order valence-electron chi connectivity index (χ0n) is 12.7. The molecule has 0 aliphatic heterocycles. The van der Waals surface area contributed by atoms with Gasteiger partial charge in [-0.2, -0.15) is 0 Å². The smallest absolute Gasteiger partial charge is 0.243 e. The molecule has 122 valence electrons. The van der Waals surface area contributed by atoms with Gasteiger partial charge in [0, 0.05) is 11.4 Å². The molecule has 0 spiro atoms. The topological polar surface area (TPSA) is 69.6 Å². The summed E-state index contributed by atoms with van der Waals surface area (Å²) in [6.45, 7) is 0. The van der Waals surface area contributed by atoms with Crippen molar-refractivity contribution in [2.24, 2.45) is 0 Å². The highest BCUT2D eigenvalue weighted by Gasteiger charge is 2.09. The van der Waals surface area contributed by atoms with Crippen molar-refractivity contribution in [2.75, 3.05) is 0 Å². The molecule has 0 heterocycles. The van der Waals surface area contributed by atoms with Gasteiger partial charge in [-0.25, -0.2) is 5.48 Å². The SMILES string of the molecule is O=C(CCCCC(O)c1cccc(-c2ccc(Cl)cc2)c1)NO. The van der Waals surface area contributed by atoms with Crippen LogP contribution < -0.4 is 5.48 Å². The molecule has 0 saturated heterocycles. The van der Waals surface area contributed by atoms with Crippen molar-refractivity contribution in [3.63, 3.8) is 0 Å². The third-order valence-electron chi connectivity index (χ3n) is 3.71. The minimum absolute atomic E-state index is 0.258. The molecule has 0 radical (unpaired) electrons. The Morgan fingerprint density at radius 1 is 1.09 bits per heavy atom. The van der Waals surface area contributed by atoms with E-state index in [4.69, 9.17) is 16.8 Å². The molecule has 0 aliphatic rings. The van der Waals surface area contributed by atoms with Crippen molar-refractivity contribution in [3.05, 3.63) is 59.1 Å². The Balaban J connectivity index is 1.96. The van der Waals surface area contributed by atoms with E-state index in [1.807, 2.05) is 48.5 Å². The predicted octanol–water partition coefficient (Wildman–Crippen LogP) is 4.11. The molecule has 2 aromatic rings. The second-order valence-corrected chi connectivity index (χ2v) is 5.87. The first-order valence-corrected chi connectivity index (χ1v) is 7.95. The number of unbranched alkanes of at least 4 members (excludes halogenated alkanes) is 1. The van der Waals surface area contributed by atoms with E-state index in [-0.39, 0.29) is 6.42 Å². The fourth-order valence-electron chi connectivity index (χ4n) is 2.41. The summed E-state index contributed by atoms with van der Waals surface area (Å²) in [6, 6.07) is 15.3. The molecule has 3 N–H and O–H groups in total. The number of hydroxylamine groups is 1. The van der Waals surface area contributed by atoms with Crippen LogP contribution >= 0.6 is 11.6 Å². The van der Waals surface area contributed by atoms with Gasteiger partial charge in [0.1, 0.15) is 0 Å². The van der Waals surface area contributed by atoms with E-state index in [1.165, 1.54) is 0 Å². The lowest BCUT2D eigenvalue weighted by atomic mass is 9.98. The minimum atomic E-state index is -0.570. The van der Waals surface area contributed by atoms with Gasteiger partial charge in [-0.3, -0.25) is 10.0 Å². The van der Waals surface area contributed by atoms with Gasteiger partial charge in [-0.15, -0.1) is 0 Å². The van der Waals surface area contributed by atoms with Crippen molar-refractivity contribution in [1.29, 1.82) is 0 Å². The summed E-state index contributed by atoms with van der Waals surface area (Å²) >= 11 is 5.90. The summed E-state index contributed by atoms with van der Waals surface area (Å²) in [4.78, 5) is 10.9. The van der Waals surface area contributed by atoms with Gasteiger partial charge in [0.25, 0.3) is 0 Å². The van der Waals surface area contributed by atoms with Crippen molar-refractivity contribution in [3.8, 4) is 11.1 Å². The van der Waals surface area contributed by atoms with E-state index in [1.54, 1.807) is 5.48 Å². The number of hydrogen-bond acceptors (Lipinski definition) is 3. The zero-order chi connectivity index (χ0) is 16.7. The third kappa shape index (κ3) is 5.36. The number of carbonyl (C=O) groups is 1. The first kappa shape index (κ1) is 17.5. The number of amides is 1. The number of carbonyl (C=O) groups excluding carboxylic acids is 1. The molecular formula is C18H20ClNO3. The van der Waals surface area contributed by atoms with Crippen LogP contribution in [0.5, 0.6) is 0 Å². The molecule has 5 heteroatoms. The van der Waals surface area contributed by atoms with E-state index in [0.29, 0.717) is 24.3 Å². The average Bonchev–Trinajstić information content (AvgIpc) is 2.59. The highest BCUT2D eigenvalue weighted by molar-refractivity contribution is 6.30. The molecular weight excluding hydrogens is 314 g/mol. The van der Waals surface area contributed by atoms with Crippen LogP contribution in [0.15, 0.2) is 48.5 Å². The Kier molecular flexibility index (Phi) is 6.59. The summed E-state index contributed by atoms with van der Waals surface area (Å²) in [5.74, 6) is -0.399. The molecule has 0 bridgehead atoms. The summed E-state index contributed by atoms with van der Waals surface area (Å²) in [7, 11) is 0. The van der Waals surface area contributed by atoms with Crippen LogP contribution in [0.25, 0.3) is 11.1 Å². The highest BCUT2D eigenvalue weighted by Crippen LogP contribution is 2.26. The number of nitrogens with one attached hydrogen (secondary N) is 1. The molecule has 1 atom stereocenters. The van der Waals surface area contributed by atoms with Crippen LogP contribution in [-0.2, 0) is 4.79 Å². The van der Waals surface area contributed by atoms with Gasteiger partial charge in [-0.05, 0) is 47.7 Å². The maximum atomic E-state index is 10.9. The van der Waals surface area contributed by atoms with Gasteiger partial charge in [0.2, 0.25) is 5.91 Å². The molecule has 2 aromatic carbocycles. The molecule has 0 aromatic heterocycles. The Labute approximate surface area is 140 Å². The van der Waals surface area contributed by atoms with E-state index in [2.05, 4.69) is 0 Å². The van der Waals surface area contributed by atoms with Crippen molar-refractivity contribution in [1.82, 2.24) is 5.48 Å². The number of hydrogen-bond donors (Lipinski definition) is 3. The first-order valence-electron chi connectivity index (χ1n) is 7.57. The third-order valence-corrected chi connectivity index (χ3v) is 3.96. The lowest BCUT2D eigenvalue weighted by Gasteiger charge is -2.12. The standard InChI is InChI=1S/C18H20ClNO3/c19-16-10-8-13(9-11-16)14-4-3-5-15(12-14)17(21)6-1-2-7-18(22)20-23/h3-5,8-12,17,21,23H,1-2,6-7H2,(H,20,22). The quantitative estimate of drug-likeness (QED) is 0.406. The van der Waals surface area contributed by atoms with Crippen LogP contribution in [0.2, 0.25) is 5.02 Å². The number of benzene rings is 2. The predicted molar refractivity (Wildman–Crippen MR) is 90.2 cm³/mol. The average molecular weight is 334 g/mol. The molecule has 1 amide bonds. The van der Waals surface area contributed by atoms with Gasteiger partial charge >= 0.3 is 0 Å². The van der Waals surface area contributed by atoms with E-state index in [0.717, 1.165) is 16.7 Å². The minimum Gasteiger partial charge on any atom is -0.388 e. The highest BCUT2D eigenvalue weighted by atomic mass is 35.5. The molecule has 1 unspecified atom stereocenters. The summed E-state index contributed by atoms with van der Waals surface area (Å²) in [5, 5.41) is 19.4. The molecule has 0 saturated carbocycles. The molecule has 23 heavy (non-hydrogen) atoms. The normalized spacial score (nSPS) is 12.0. The largest absolute Gasteiger partial charge is 0.388 e. The van der Waals surface area contributed by atoms with Crippen LogP contribution in [0.4, 0.5) is 0 Å². The number of aliphatic hydroxyl groups is 1. The van der Waals surface area contributed by atoms with Gasteiger partial charge in [0.05, 0.1) is 6.10 Å². The van der Waals surface area contributed by atoms with Gasteiger partial charge in [-0.1, -0.05) is 48.4 Å². The van der Waals surface area contributed by atoms with Crippen LogP contribution in [-0.4, -0.2) is 16.2 Å². The van der Waals surface area contributed by atoms with Gasteiger partial charge in [0.15, 0.2) is 0 Å². The fraction of sp³-hybridized carbons (Fsp3) is 0.278. The lowest BCUT2D eigenvalue weighted by molar-refractivity contribution is -0.129. The lowest BCUT2D eigenvalue weighted by Crippen LogP contribution is -2.17. The monoisotopic (exact) mass is 333 g/mol. The second-order valence-electron chi connectivity index (χ2n) is 5.43. The first-order chi connectivity index (χ1) is 11.1. The maximum Gasteiger partial charge on any atom is 0.243 e. The Morgan fingerprint density at radius 3 is 2.52 bits per heavy atom. The number of halogens is 1. The summed E-state index contributed by atoms with van der Waals surface area (Å²) in [6.07, 6.45) is 1.59. The zero-order valence-corrected chi connectivity index (χ0v) is 13.5. The van der Waals surface area contributed by atoms with Gasteiger partial charge < -0.3 is 5.11 Å². The molecule has 0 aliphatic carbocycles.